The molecule has 0 saturated carbocycles. The van der Waals surface area contributed by atoms with E-state index in [0.29, 0.717) is 0 Å². The van der Waals surface area contributed by atoms with Crippen LogP contribution in [0.3, 0.4) is 0 Å². The van der Waals surface area contributed by atoms with Gasteiger partial charge in [0.1, 0.15) is 0 Å². The molecule has 1 aliphatic rings. The summed E-state index contributed by atoms with van der Waals surface area (Å²) in [6, 6.07) is 0. The fourth-order valence-electron chi connectivity index (χ4n) is 0.103. The Balaban J connectivity index is 2.78. The Bertz CT molecular complexity index is 122. The van der Waals surface area contributed by atoms with Crippen molar-refractivity contribution in [3.8, 4) is 0 Å². The normalized spacial score (nSPS) is 27.3. The molecule has 0 aromatic carbocycles. The van der Waals surface area contributed by atoms with Crippen LogP contribution < -0.4 is 0 Å². The van der Waals surface area contributed by atoms with Gasteiger partial charge in [-0.05, 0) is 0 Å². The third-order valence-electron chi connectivity index (χ3n) is 0.314. The first-order chi connectivity index (χ1) is 2.71. The van der Waals surface area contributed by atoms with Gasteiger partial charge in [-0.2, -0.15) is 8.42 Å². The summed E-state index contributed by atoms with van der Waals surface area (Å²) in [7, 11) is -3.44. The molecule has 6 heavy (non-hydrogen) atoms. The molecule has 1 radical (unpaired) electrons. The lowest BCUT2D eigenvalue weighted by Gasteiger charge is -2.10. The summed E-state index contributed by atoms with van der Waals surface area (Å²) in [5.74, 6) is 0. The topological polar surface area (TPSA) is 52.6 Å². The van der Waals surface area contributed by atoms with Gasteiger partial charge in [0.15, 0.2) is 0 Å². The molecule has 0 aliphatic carbocycles. The zero-order valence-electron chi connectivity index (χ0n) is 2.62. The third-order valence-corrected chi connectivity index (χ3v) is 2.83. The molecular formula is AlO4S. The molecule has 4 nitrogen and oxygen atoms in total. The van der Waals surface area contributed by atoms with Gasteiger partial charge in [0.25, 0.3) is 0 Å². The predicted octanol–water partition coefficient (Wildman–Crippen LogP) is -1.19. The van der Waals surface area contributed by atoms with Crippen molar-refractivity contribution in [3.05, 3.63) is 0 Å². The van der Waals surface area contributed by atoms with Crippen LogP contribution >= 0.6 is 0 Å². The van der Waals surface area contributed by atoms with Gasteiger partial charge in [-0.25, -0.2) is 0 Å². The molecule has 1 aliphatic heterocycles. The van der Waals surface area contributed by atoms with E-state index in [0.717, 1.165) is 0 Å². The number of hydrogen-bond donors (Lipinski definition) is 0. The van der Waals surface area contributed by atoms with Crippen LogP contribution in [0.15, 0.2) is 0 Å². The van der Waals surface area contributed by atoms with Crippen LogP contribution in [0.25, 0.3) is 0 Å². The second kappa shape index (κ2) is 1.18. The lowest BCUT2D eigenvalue weighted by molar-refractivity contribution is 0.313. The van der Waals surface area contributed by atoms with Gasteiger partial charge >= 0.3 is 26.3 Å². The maximum atomic E-state index is 9.66. The van der Waals surface area contributed by atoms with Crippen molar-refractivity contribution in [2.75, 3.05) is 0 Å². The Morgan fingerprint density at radius 1 is 1.33 bits per heavy atom. The summed E-state index contributed by atoms with van der Waals surface area (Å²) in [6.07, 6.45) is 0. The second-order valence-corrected chi connectivity index (χ2v) is 3.25. The van der Waals surface area contributed by atoms with Gasteiger partial charge in [-0.15, -0.1) is 0 Å². The highest BCUT2D eigenvalue weighted by Crippen LogP contribution is 2.02. The van der Waals surface area contributed by atoms with Crippen LogP contribution in [0.4, 0.5) is 0 Å². The molecule has 33 valence electrons. The lowest BCUT2D eigenvalue weighted by Crippen LogP contribution is -2.27. The van der Waals surface area contributed by atoms with E-state index >= 15 is 0 Å². The van der Waals surface area contributed by atoms with Crippen molar-refractivity contribution in [1.82, 2.24) is 0 Å². The average Bonchev–Trinajstić information content (AvgIpc) is 1.32. The standard InChI is InChI=1S/Al.H2O4S/c;1-5(2,3)4/h;(H2,1,2,3,4)/q+2;/p-2. The van der Waals surface area contributed by atoms with E-state index in [9.17, 15) is 8.42 Å². The van der Waals surface area contributed by atoms with E-state index in [4.69, 9.17) is 0 Å². The van der Waals surface area contributed by atoms with Gasteiger partial charge in [0.05, 0.1) is 0 Å². The minimum absolute atomic E-state index is 0.701. The van der Waals surface area contributed by atoms with Gasteiger partial charge in [-0.1, -0.05) is 0 Å². The van der Waals surface area contributed by atoms with Gasteiger partial charge < -0.3 is 6.47 Å². The zero-order chi connectivity index (χ0) is 4.62. The average molecular weight is 123 g/mol. The Kier molecular flexibility index (Phi) is 0.900. The molecule has 6 heteroatoms. The third kappa shape index (κ3) is 0.722. The highest BCUT2D eigenvalue weighted by atomic mass is 32.3. The summed E-state index contributed by atoms with van der Waals surface area (Å²) in [5, 5.41) is 0. The minimum Gasteiger partial charge on any atom is -0.351 e. The van der Waals surface area contributed by atoms with E-state index in [1.54, 1.807) is 0 Å². The van der Waals surface area contributed by atoms with Crippen molar-refractivity contribution in [2.24, 2.45) is 0 Å². The van der Waals surface area contributed by atoms with E-state index in [-0.39, 0.29) is 0 Å². The molecular weight excluding hydrogens is 123 g/mol. The van der Waals surface area contributed by atoms with Crippen LogP contribution in [0.1, 0.15) is 0 Å². The Morgan fingerprint density at radius 2 is 1.67 bits per heavy atom. The molecule has 0 aromatic rings. The highest BCUT2D eigenvalue weighted by molar-refractivity contribution is 7.85. The first-order valence-corrected chi connectivity index (χ1v) is 3.41. The molecule has 1 rings (SSSR count). The van der Waals surface area contributed by atoms with E-state index < -0.39 is 26.3 Å². The lowest BCUT2D eigenvalue weighted by atomic mass is 15.7. The summed E-state index contributed by atoms with van der Waals surface area (Å²) in [5.41, 5.74) is 0. The van der Waals surface area contributed by atoms with Crippen molar-refractivity contribution in [2.45, 2.75) is 0 Å². The zero-order valence-corrected chi connectivity index (χ0v) is 4.59. The quantitative estimate of drug-likeness (QED) is 0.380. The van der Waals surface area contributed by atoms with Crippen molar-refractivity contribution < 1.29 is 14.9 Å². The van der Waals surface area contributed by atoms with Gasteiger partial charge in [0, 0.05) is 0 Å². The molecule has 0 aromatic heterocycles. The van der Waals surface area contributed by atoms with Gasteiger partial charge in [0.2, 0.25) is 0 Å². The smallest absolute Gasteiger partial charge is 0.351 e. The maximum absolute atomic E-state index is 9.66. The summed E-state index contributed by atoms with van der Waals surface area (Å²) >= 11 is -0.701. The van der Waals surface area contributed by atoms with Gasteiger partial charge in [-0.3, -0.25) is 0 Å². The summed E-state index contributed by atoms with van der Waals surface area (Å²) < 4.78 is 27.2. The molecule has 0 amide bonds. The summed E-state index contributed by atoms with van der Waals surface area (Å²) in [4.78, 5) is 0. The number of hydrogen-bond acceptors (Lipinski definition) is 4. The fourth-order valence-corrected chi connectivity index (χ4v) is 0.931. The molecule has 0 atom stereocenters. The first-order valence-electron chi connectivity index (χ1n) is 1.14. The first kappa shape index (κ1) is 4.56. The fraction of sp³-hybridized carbons (Fsp3) is 0. The second-order valence-electron chi connectivity index (χ2n) is 0.697. The van der Waals surface area contributed by atoms with Crippen LogP contribution in [-0.4, -0.2) is 24.3 Å². The molecule has 0 spiro atoms. The van der Waals surface area contributed by atoms with Crippen LogP contribution in [0.5, 0.6) is 0 Å². The van der Waals surface area contributed by atoms with Crippen molar-refractivity contribution >= 4 is 26.3 Å². The molecule has 0 N–H and O–H groups in total. The molecule has 1 fully saturated rings. The largest absolute Gasteiger partial charge is 0.703 e. The van der Waals surface area contributed by atoms with E-state index in [2.05, 4.69) is 6.47 Å². The SMILES string of the molecule is O=S1(=O)[O][Al][O]1. The monoisotopic (exact) mass is 123 g/mol. The molecule has 1 heterocycles. The Labute approximate surface area is 41.8 Å². The molecule has 0 unspecified atom stereocenters. The van der Waals surface area contributed by atoms with E-state index in [1.807, 2.05) is 0 Å². The van der Waals surface area contributed by atoms with Crippen LogP contribution in [-0.2, 0) is 16.9 Å². The minimum atomic E-state index is -3.44. The van der Waals surface area contributed by atoms with E-state index in [1.165, 1.54) is 0 Å². The maximum Gasteiger partial charge on any atom is 0.703 e. The van der Waals surface area contributed by atoms with Crippen molar-refractivity contribution in [3.63, 3.8) is 0 Å². The molecule has 0 bridgehead atoms. The Hall–Kier alpha value is 0.402. The van der Waals surface area contributed by atoms with Crippen molar-refractivity contribution in [1.29, 1.82) is 0 Å². The number of rotatable bonds is 0. The van der Waals surface area contributed by atoms with Crippen LogP contribution in [0.2, 0.25) is 0 Å². The summed E-state index contributed by atoms with van der Waals surface area (Å²) in [6.45, 7) is 0. The predicted molar refractivity (Wildman–Crippen MR) is 16.8 cm³/mol. The van der Waals surface area contributed by atoms with Crippen LogP contribution in [0, 0.1) is 0 Å². The molecule has 1 saturated heterocycles. The Morgan fingerprint density at radius 3 is 1.67 bits per heavy atom. The highest BCUT2D eigenvalue weighted by Gasteiger charge is 2.26.